The molecule has 2 aliphatic heterocycles. The summed E-state index contributed by atoms with van der Waals surface area (Å²) in [6, 6.07) is 0.396. The Labute approximate surface area is 163 Å². The second kappa shape index (κ2) is 7.59. The van der Waals surface area contributed by atoms with Crippen molar-refractivity contribution in [2.75, 3.05) is 39.3 Å². The second-order valence-electron chi connectivity index (χ2n) is 9.24. The van der Waals surface area contributed by atoms with Crippen LogP contribution in [-0.2, 0) is 9.53 Å². The smallest absolute Gasteiger partial charge is 0.237 e. The molecule has 3 N–H and O–H groups in total. The van der Waals surface area contributed by atoms with E-state index in [9.17, 15) is 4.79 Å². The van der Waals surface area contributed by atoms with E-state index in [1.807, 2.05) is 13.8 Å². The van der Waals surface area contributed by atoms with Gasteiger partial charge in [0.15, 0.2) is 5.96 Å². The lowest BCUT2D eigenvalue weighted by Gasteiger charge is -2.60. The van der Waals surface area contributed by atoms with E-state index in [1.165, 1.54) is 6.42 Å². The van der Waals surface area contributed by atoms with Crippen LogP contribution in [-0.4, -0.2) is 78.7 Å². The molecule has 3 atom stereocenters. The quantitative estimate of drug-likeness (QED) is 0.563. The molecule has 27 heavy (non-hydrogen) atoms. The van der Waals surface area contributed by atoms with Gasteiger partial charge in [-0.15, -0.1) is 0 Å². The van der Waals surface area contributed by atoms with Crippen LogP contribution < -0.4 is 11.1 Å². The van der Waals surface area contributed by atoms with E-state index in [-0.39, 0.29) is 11.3 Å². The second-order valence-corrected chi connectivity index (χ2v) is 9.24. The molecule has 3 aliphatic rings. The number of piperazine rings is 1. The summed E-state index contributed by atoms with van der Waals surface area (Å²) >= 11 is 0. The number of rotatable bonds is 4. The topological polar surface area (TPSA) is 83.2 Å². The Bertz CT molecular complexity index is 581. The highest BCUT2D eigenvalue weighted by molar-refractivity contribution is 5.84. The van der Waals surface area contributed by atoms with Gasteiger partial charge in [0.2, 0.25) is 5.91 Å². The van der Waals surface area contributed by atoms with E-state index in [0.717, 1.165) is 51.7 Å². The Balaban J connectivity index is 1.64. The molecule has 2 heterocycles. The molecule has 0 aromatic heterocycles. The van der Waals surface area contributed by atoms with Crippen molar-refractivity contribution in [2.24, 2.45) is 22.1 Å². The van der Waals surface area contributed by atoms with Crippen LogP contribution in [0.15, 0.2) is 4.99 Å². The van der Waals surface area contributed by atoms with Crippen LogP contribution in [0.25, 0.3) is 0 Å². The SMILES string of the molecule is CCN=C(NC1C2CCCOC2C1(C)C)N1CCN(C(C)(C)C(N)=O)CC1. The lowest BCUT2D eigenvalue weighted by molar-refractivity contribution is -0.188. The van der Waals surface area contributed by atoms with Crippen molar-refractivity contribution in [1.82, 2.24) is 15.1 Å². The zero-order valence-corrected chi connectivity index (χ0v) is 17.6. The fraction of sp³-hybridized carbons (Fsp3) is 0.900. The van der Waals surface area contributed by atoms with Crippen molar-refractivity contribution in [2.45, 2.75) is 65.1 Å². The van der Waals surface area contributed by atoms with Gasteiger partial charge in [0.05, 0.1) is 11.6 Å². The van der Waals surface area contributed by atoms with Crippen LogP contribution in [0.5, 0.6) is 0 Å². The summed E-state index contributed by atoms with van der Waals surface area (Å²) in [4.78, 5) is 21.0. The van der Waals surface area contributed by atoms with Crippen molar-refractivity contribution in [3.8, 4) is 0 Å². The molecular formula is C20H37N5O2. The fourth-order valence-electron chi connectivity index (χ4n) is 4.97. The molecule has 0 radical (unpaired) electrons. The van der Waals surface area contributed by atoms with Gasteiger partial charge in [0.25, 0.3) is 0 Å². The van der Waals surface area contributed by atoms with E-state index in [1.54, 1.807) is 0 Å². The Morgan fingerprint density at radius 1 is 1.30 bits per heavy atom. The lowest BCUT2D eigenvalue weighted by Crippen LogP contribution is -2.71. The number of hydrogen-bond acceptors (Lipinski definition) is 4. The van der Waals surface area contributed by atoms with Crippen LogP contribution in [0.1, 0.15) is 47.5 Å². The molecule has 0 spiro atoms. The van der Waals surface area contributed by atoms with Gasteiger partial charge in [-0.3, -0.25) is 14.7 Å². The summed E-state index contributed by atoms with van der Waals surface area (Å²) in [5.41, 5.74) is 5.10. The van der Waals surface area contributed by atoms with E-state index >= 15 is 0 Å². The Kier molecular flexibility index (Phi) is 5.73. The third-order valence-corrected chi connectivity index (χ3v) is 6.90. The van der Waals surface area contributed by atoms with Crippen LogP contribution in [0, 0.1) is 11.3 Å². The molecule has 1 aliphatic carbocycles. The molecule has 3 rings (SSSR count). The molecule has 1 amide bonds. The molecule has 0 aromatic rings. The lowest BCUT2D eigenvalue weighted by atomic mass is 9.55. The van der Waals surface area contributed by atoms with Crippen molar-refractivity contribution in [3.05, 3.63) is 0 Å². The number of amides is 1. The summed E-state index contributed by atoms with van der Waals surface area (Å²) in [5, 5.41) is 3.78. The number of fused-ring (bicyclic) bond motifs is 1. The van der Waals surface area contributed by atoms with E-state index < -0.39 is 5.54 Å². The third kappa shape index (κ3) is 3.68. The van der Waals surface area contributed by atoms with Gasteiger partial charge in [-0.1, -0.05) is 13.8 Å². The molecule has 3 fully saturated rings. The minimum absolute atomic E-state index is 0.120. The number of carbonyl (C=O) groups is 1. The highest BCUT2D eigenvalue weighted by atomic mass is 16.5. The largest absolute Gasteiger partial charge is 0.377 e. The third-order valence-electron chi connectivity index (χ3n) is 6.90. The normalized spacial score (nSPS) is 31.8. The van der Waals surface area contributed by atoms with Crippen LogP contribution in [0.3, 0.4) is 0 Å². The molecule has 7 heteroatoms. The van der Waals surface area contributed by atoms with E-state index in [2.05, 4.69) is 35.9 Å². The summed E-state index contributed by atoms with van der Waals surface area (Å²) < 4.78 is 6.04. The first-order valence-corrected chi connectivity index (χ1v) is 10.4. The van der Waals surface area contributed by atoms with Gasteiger partial charge < -0.3 is 20.7 Å². The number of hydrogen-bond donors (Lipinski definition) is 2. The maximum absolute atomic E-state index is 11.8. The predicted molar refractivity (Wildman–Crippen MR) is 108 cm³/mol. The van der Waals surface area contributed by atoms with Gasteiger partial charge in [-0.2, -0.15) is 0 Å². The maximum Gasteiger partial charge on any atom is 0.237 e. The zero-order valence-electron chi connectivity index (χ0n) is 17.6. The minimum atomic E-state index is -0.607. The number of guanidine groups is 1. The van der Waals surface area contributed by atoms with Crippen molar-refractivity contribution < 1.29 is 9.53 Å². The standard InChI is InChI=1S/C20H37N5O2/c1-6-22-18(23-15-14-8-7-13-27-16(14)19(15,2)3)24-9-11-25(12-10-24)20(4,5)17(21)26/h14-16H,6-13H2,1-5H3,(H2,21,26)(H,22,23). The monoisotopic (exact) mass is 379 g/mol. The van der Waals surface area contributed by atoms with Crippen molar-refractivity contribution in [1.29, 1.82) is 0 Å². The summed E-state index contributed by atoms with van der Waals surface area (Å²) in [7, 11) is 0. The predicted octanol–water partition coefficient (Wildman–Crippen LogP) is 1.04. The summed E-state index contributed by atoms with van der Waals surface area (Å²) in [6.07, 6.45) is 2.74. The Hall–Kier alpha value is -1.34. The number of nitrogens with two attached hydrogens (primary N) is 1. The molecule has 3 unspecified atom stereocenters. The molecule has 2 saturated heterocycles. The number of ether oxygens (including phenoxy) is 1. The van der Waals surface area contributed by atoms with Crippen molar-refractivity contribution >= 4 is 11.9 Å². The molecular weight excluding hydrogens is 342 g/mol. The van der Waals surface area contributed by atoms with Gasteiger partial charge in [0, 0.05) is 56.7 Å². The first-order valence-electron chi connectivity index (χ1n) is 10.4. The highest BCUT2D eigenvalue weighted by Crippen LogP contribution is 2.51. The molecule has 1 saturated carbocycles. The van der Waals surface area contributed by atoms with Gasteiger partial charge in [-0.05, 0) is 33.6 Å². The van der Waals surface area contributed by atoms with Crippen LogP contribution >= 0.6 is 0 Å². The zero-order chi connectivity index (χ0) is 19.8. The number of carbonyl (C=O) groups excluding carboxylic acids is 1. The van der Waals surface area contributed by atoms with Crippen LogP contribution in [0.4, 0.5) is 0 Å². The number of nitrogens with zero attached hydrogens (tertiary/aromatic N) is 3. The highest BCUT2D eigenvalue weighted by Gasteiger charge is 2.58. The molecule has 0 aromatic carbocycles. The maximum atomic E-state index is 11.8. The average Bonchev–Trinajstić information content (AvgIpc) is 2.65. The van der Waals surface area contributed by atoms with E-state index in [4.69, 9.17) is 15.5 Å². The summed E-state index contributed by atoms with van der Waals surface area (Å²) in [6.45, 7) is 15.5. The van der Waals surface area contributed by atoms with Gasteiger partial charge in [-0.25, -0.2) is 0 Å². The fourth-order valence-corrected chi connectivity index (χ4v) is 4.97. The molecule has 0 bridgehead atoms. The van der Waals surface area contributed by atoms with Crippen molar-refractivity contribution in [3.63, 3.8) is 0 Å². The number of aliphatic imine (C=N–C) groups is 1. The molecule has 154 valence electrons. The van der Waals surface area contributed by atoms with Gasteiger partial charge in [0.1, 0.15) is 0 Å². The van der Waals surface area contributed by atoms with Crippen LogP contribution in [0.2, 0.25) is 0 Å². The Morgan fingerprint density at radius 2 is 1.96 bits per heavy atom. The average molecular weight is 380 g/mol. The summed E-state index contributed by atoms with van der Waals surface area (Å²) in [5.74, 6) is 1.30. The van der Waals surface area contributed by atoms with Gasteiger partial charge >= 0.3 is 0 Å². The first-order chi connectivity index (χ1) is 12.7. The minimum Gasteiger partial charge on any atom is -0.377 e. The Morgan fingerprint density at radius 3 is 2.56 bits per heavy atom. The first kappa shape index (κ1) is 20.4. The number of primary amides is 1. The van der Waals surface area contributed by atoms with E-state index in [0.29, 0.717) is 18.1 Å². The number of nitrogens with one attached hydrogen (secondary N) is 1. The molecule has 7 nitrogen and oxygen atoms in total.